The van der Waals surface area contributed by atoms with Crippen molar-refractivity contribution in [2.24, 2.45) is 0 Å². The average molecular weight is 267 g/mol. The van der Waals surface area contributed by atoms with Crippen LogP contribution in [0.15, 0.2) is 42.7 Å². The number of aromatic nitrogens is 1. The molecule has 1 aromatic carbocycles. The van der Waals surface area contributed by atoms with E-state index in [2.05, 4.69) is 15.6 Å². The van der Waals surface area contributed by atoms with E-state index in [0.29, 0.717) is 0 Å². The standard InChI is InChI=1S/C16H17N3O/c1-11-10-17-8-7-14(11)19-16(20)13-6-9-18-15-5-3-2-4-12(13)15/h2-5,7-8,10,13,18H,6,9H2,1H3,(H,17,19,20). The van der Waals surface area contributed by atoms with E-state index in [0.717, 1.165) is 35.5 Å². The number of carbonyl (C=O) groups excluding carboxylic acids is 1. The summed E-state index contributed by atoms with van der Waals surface area (Å²) in [5.41, 5.74) is 3.94. The van der Waals surface area contributed by atoms with Gasteiger partial charge in [0.05, 0.1) is 5.92 Å². The highest BCUT2D eigenvalue weighted by Gasteiger charge is 2.26. The zero-order chi connectivity index (χ0) is 13.9. The van der Waals surface area contributed by atoms with E-state index in [-0.39, 0.29) is 11.8 Å². The molecule has 0 aliphatic carbocycles. The van der Waals surface area contributed by atoms with Crippen LogP contribution in [0.5, 0.6) is 0 Å². The third-order valence-electron chi connectivity index (χ3n) is 3.68. The first kappa shape index (κ1) is 12.7. The lowest BCUT2D eigenvalue weighted by molar-refractivity contribution is -0.117. The number of aryl methyl sites for hydroxylation is 1. The Balaban J connectivity index is 1.84. The van der Waals surface area contributed by atoms with Gasteiger partial charge in [-0.05, 0) is 36.6 Å². The lowest BCUT2D eigenvalue weighted by atomic mass is 9.90. The number of nitrogens with zero attached hydrogens (tertiary/aromatic N) is 1. The Morgan fingerprint density at radius 1 is 1.35 bits per heavy atom. The molecule has 3 rings (SSSR count). The van der Waals surface area contributed by atoms with Crippen molar-refractivity contribution in [2.75, 3.05) is 17.2 Å². The predicted molar refractivity (Wildman–Crippen MR) is 79.9 cm³/mol. The Morgan fingerprint density at radius 3 is 3.05 bits per heavy atom. The van der Waals surface area contributed by atoms with Gasteiger partial charge in [0.25, 0.3) is 0 Å². The molecular weight excluding hydrogens is 250 g/mol. The monoisotopic (exact) mass is 267 g/mol. The molecule has 0 bridgehead atoms. The minimum absolute atomic E-state index is 0.0493. The van der Waals surface area contributed by atoms with Crippen LogP contribution < -0.4 is 10.6 Å². The number of hydrogen-bond donors (Lipinski definition) is 2. The number of carbonyl (C=O) groups is 1. The van der Waals surface area contributed by atoms with Gasteiger partial charge < -0.3 is 10.6 Å². The molecule has 1 atom stereocenters. The third kappa shape index (κ3) is 2.37. The van der Waals surface area contributed by atoms with Gasteiger partial charge in [0, 0.05) is 30.3 Å². The number of benzene rings is 1. The van der Waals surface area contributed by atoms with Crippen molar-refractivity contribution in [1.29, 1.82) is 0 Å². The fourth-order valence-electron chi connectivity index (χ4n) is 2.57. The number of rotatable bonds is 2. The molecule has 20 heavy (non-hydrogen) atoms. The normalized spacial score (nSPS) is 16.9. The molecule has 4 heteroatoms. The molecule has 1 amide bonds. The van der Waals surface area contributed by atoms with Crippen LogP contribution >= 0.6 is 0 Å². The number of amides is 1. The quantitative estimate of drug-likeness (QED) is 0.879. The molecule has 0 spiro atoms. The van der Waals surface area contributed by atoms with Crippen LogP contribution in [0.1, 0.15) is 23.5 Å². The van der Waals surface area contributed by atoms with E-state index in [4.69, 9.17) is 0 Å². The largest absolute Gasteiger partial charge is 0.385 e. The Labute approximate surface area is 118 Å². The topological polar surface area (TPSA) is 54.0 Å². The second-order valence-electron chi connectivity index (χ2n) is 5.04. The number of hydrogen-bond acceptors (Lipinski definition) is 3. The summed E-state index contributed by atoms with van der Waals surface area (Å²) in [7, 11) is 0. The zero-order valence-corrected chi connectivity index (χ0v) is 11.4. The van der Waals surface area contributed by atoms with Gasteiger partial charge >= 0.3 is 0 Å². The van der Waals surface area contributed by atoms with Crippen LogP contribution in [0, 0.1) is 6.92 Å². The van der Waals surface area contributed by atoms with Crippen LogP contribution in [-0.2, 0) is 4.79 Å². The van der Waals surface area contributed by atoms with Crippen molar-refractivity contribution in [3.05, 3.63) is 53.9 Å². The van der Waals surface area contributed by atoms with E-state index in [1.54, 1.807) is 12.4 Å². The van der Waals surface area contributed by atoms with Crippen LogP contribution in [0.2, 0.25) is 0 Å². The molecule has 0 saturated heterocycles. The molecular formula is C16H17N3O. The lowest BCUT2D eigenvalue weighted by Crippen LogP contribution is -2.27. The second-order valence-corrected chi connectivity index (χ2v) is 5.04. The molecule has 2 aromatic rings. The Hall–Kier alpha value is -2.36. The average Bonchev–Trinajstić information content (AvgIpc) is 2.49. The molecule has 2 heterocycles. The van der Waals surface area contributed by atoms with Crippen molar-refractivity contribution in [3.8, 4) is 0 Å². The number of pyridine rings is 1. The smallest absolute Gasteiger partial charge is 0.232 e. The molecule has 1 aliphatic rings. The lowest BCUT2D eigenvalue weighted by Gasteiger charge is -2.26. The molecule has 0 saturated carbocycles. The van der Waals surface area contributed by atoms with Gasteiger partial charge in [-0.1, -0.05) is 18.2 Å². The van der Waals surface area contributed by atoms with Crippen molar-refractivity contribution in [1.82, 2.24) is 4.98 Å². The van der Waals surface area contributed by atoms with Crippen LogP contribution in [0.25, 0.3) is 0 Å². The van der Waals surface area contributed by atoms with Crippen LogP contribution in [0.3, 0.4) is 0 Å². The summed E-state index contributed by atoms with van der Waals surface area (Å²) in [5.74, 6) is -0.0479. The minimum atomic E-state index is -0.0972. The maximum absolute atomic E-state index is 12.5. The van der Waals surface area contributed by atoms with Gasteiger partial charge in [-0.25, -0.2) is 0 Å². The van der Waals surface area contributed by atoms with Gasteiger partial charge in [-0.2, -0.15) is 0 Å². The summed E-state index contributed by atoms with van der Waals surface area (Å²) in [6.45, 7) is 2.77. The van der Waals surface area contributed by atoms with Crippen molar-refractivity contribution >= 4 is 17.3 Å². The first-order valence-electron chi connectivity index (χ1n) is 6.80. The Bertz CT molecular complexity index is 639. The summed E-state index contributed by atoms with van der Waals surface area (Å²) in [6.07, 6.45) is 4.26. The molecule has 2 N–H and O–H groups in total. The van der Waals surface area contributed by atoms with E-state index < -0.39 is 0 Å². The first-order chi connectivity index (χ1) is 9.75. The Morgan fingerprint density at radius 2 is 2.20 bits per heavy atom. The minimum Gasteiger partial charge on any atom is -0.385 e. The van der Waals surface area contributed by atoms with Crippen molar-refractivity contribution in [2.45, 2.75) is 19.3 Å². The van der Waals surface area contributed by atoms with E-state index in [1.807, 2.05) is 37.3 Å². The Kier molecular flexibility index (Phi) is 3.37. The number of anilines is 2. The fourth-order valence-corrected chi connectivity index (χ4v) is 2.57. The van der Waals surface area contributed by atoms with E-state index in [9.17, 15) is 4.79 Å². The number of nitrogens with one attached hydrogen (secondary N) is 2. The van der Waals surface area contributed by atoms with Crippen LogP contribution in [0.4, 0.5) is 11.4 Å². The fraction of sp³-hybridized carbons (Fsp3) is 0.250. The summed E-state index contributed by atoms with van der Waals surface area (Å²) < 4.78 is 0. The first-order valence-corrected chi connectivity index (χ1v) is 6.80. The van der Waals surface area contributed by atoms with Crippen LogP contribution in [-0.4, -0.2) is 17.4 Å². The van der Waals surface area contributed by atoms with Gasteiger partial charge in [0.15, 0.2) is 0 Å². The molecule has 1 unspecified atom stereocenters. The summed E-state index contributed by atoms with van der Waals surface area (Å²) in [5, 5.41) is 6.35. The zero-order valence-electron chi connectivity index (χ0n) is 11.4. The van der Waals surface area contributed by atoms with E-state index in [1.165, 1.54) is 0 Å². The highest BCUT2D eigenvalue weighted by molar-refractivity contribution is 5.97. The summed E-state index contributed by atoms with van der Waals surface area (Å²) in [6, 6.07) is 9.83. The van der Waals surface area contributed by atoms with Gasteiger partial charge in [-0.15, -0.1) is 0 Å². The van der Waals surface area contributed by atoms with Crippen molar-refractivity contribution < 1.29 is 4.79 Å². The van der Waals surface area contributed by atoms with Gasteiger partial charge in [0.1, 0.15) is 0 Å². The molecule has 4 nitrogen and oxygen atoms in total. The molecule has 1 aliphatic heterocycles. The van der Waals surface area contributed by atoms with Gasteiger partial charge in [0.2, 0.25) is 5.91 Å². The number of para-hydroxylation sites is 1. The van der Waals surface area contributed by atoms with Crippen molar-refractivity contribution in [3.63, 3.8) is 0 Å². The SMILES string of the molecule is Cc1cnccc1NC(=O)C1CCNc2ccccc21. The van der Waals surface area contributed by atoms with Gasteiger partial charge in [-0.3, -0.25) is 9.78 Å². The summed E-state index contributed by atoms with van der Waals surface area (Å²) >= 11 is 0. The predicted octanol–water partition coefficient (Wildman–Crippen LogP) is 2.93. The molecule has 0 radical (unpaired) electrons. The maximum Gasteiger partial charge on any atom is 0.232 e. The molecule has 1 aromatic heterocycles. The maximum atomic E-state index is 12.5. The second kappa shape index (κ2) is 5.33. The molecule has 102 valence electrons. The third-order valence-corrected chi connectivity index (χ3v) is 3.68. The number of fused-ring (bicyclic) bond motifs is 1. The summed E-state index contributed by atoms with van der Waals surface area (Å²) in [4.78, 5) is 16.6. The van der Waals surface area contributed by atoms with E-state index >= 15 is 0 Å². The highest BCUT2D eigenvalue weighted by Crippen LogP contribution is 2.32. The molecule has 0 fully saturated rings. The highest BCUT2D eigenvalue weighted by atomic mass is 16.1.